The highest BCUT2D eigenvalue weighted by Crippen LogP contribution is 2.31. The van der Waals surface area contributed by atoms with Crippen molar-refractivity contribution < 1.29 is 0 Å². The molecule has 1 aromatic heterocycles. The second-order valence-electron chi connectivity index (χ2n) is 5.03. The lowest BCUT2D eigenvalue weighted by Crippen LogP contribution is -2.10. The van der Waals surface area contributed by atoms with E-state index in [0.717, 1.165) is 34.3 Å². The van der Waals surface area contributed by atoms with Crippen molar-refractivity contribution in [3.05, 3.63) is 29.0 Å². The van der Waals surface area contributed by atoms with Gasteiger partial charge >= 0.3 is 0 Å². The maximum atomic E-state index is 6.31. The topological polar surface area (TPSA) is 17.8 Å². The normalized spacial score (nSPS) is 16.8. The van der Waals surface area contributed by atoms with Crippen LogP contribution in [0.2, 0.25) is 5.02 Å². The Labute approximate surface area is 117 Å². The zero-order chi connectivity index (χ0) is 12.5. The minimum absolute atomic E-state index is 0.442. The van der Waals surface area contributed by atoms with Crippen LogP contribution in [0.3, 0.4) is 0 Å². The summed E-state index contributed by atoms with van der Waals surface area (Å²) in [6, 6.07) is 5.87. The first-order valence-corrected chi connectivity index (χ1v) is 7.40. The number of aromatic nitrogens is 2. The van der Waals surface area contributed by atoms with Crippen LogP contribution in [0.5, 0.6) is 0 Å². The third-order valence-electron chi connectivity index (χ3n) is 3.83. The highest BCUT2D eigenvalue weighted by Gasteiger charge is 2.19. The van der Waals surface area contributed by atoms with Crippen LogP contribution in [0.1, 0.15) is 31.5 Å². The van der Waals surface area contributed by atoms with Crippen molar-refractivity contribution in [2.24, 2.45) is 5.92 Å². The number of halogens is 2. The van der Waals surface area contributed by atoms with E-state index >= 15 is 0 Å². The highest BCUT2D eigenvalue weighted by atomic mass is 35.5. The number of fused-ring (bicyclic) bond motifs is 1. The molecule has 0 bridgehead atoms. The minimum Gasteiger partial charge on any atom is -0.325 e. The van der Waals surface area contributed by atoms with E-state index in [1.54, 1.807) is 0 Å². The van der Waals surface area contributed by atoms with Crippen LogP contribution in [-0.4, -0.2) is 9.55 Å². The Hall–Kier alpha value is -0.730. The summed E-state index contributed by atoms with van der Waals surface area (Å²) in [5, 5.41) is 0.773. The lowest BCUT2D eigenvalue weighted by atomic mass is 10.1. The zero-order valence-electron chi connectivity index (χ0n) is 10.2. The maximum Gasteiger partial charge on any atom is 0.124 e. The molecule has 1 fully saturated rings. The molecule has 2 nitrogen and oxygen atoms in total. The first-order chi connectivity index (χ1) is 8.79. The Bertz CT molecular complexity index is 556. The molecular formula is C14H16Cl2N2. The molecule has 1 aliphatic rings. The first kappa shape index (κ1) is 12.3. The van der Waals surface area contributed by atoms with Crippen molar-refractivity contribution in [2.45, 2.75) is 38.1 Å². The van der Waals surface area contributed by atoms with E-state index in [9.17, 15) is 0 Å². The van der Waals surface area contributed by atoms with E-state index < -0.39 is 0 Å². The fraction of sp³-hybridized carbons (Fsp3) is 0.500. The molecule has 0 saturated heterocycles. The predicted octanol–water partition coefficient (Wildman–Crippen LogP) is 4.62. The highest BCUT2D eigenvalue weighted by molar-refractivity contribution is 6.35. The molecular weight excluding hydrogens is 267 g/mol. The predicted molar refractivity (Wildman–Crippen MR) is 76.3 cm³/mol. The van der Waals surface area contributed by atoms with Crippen LogP contribution in [-0.2, 0) is 12.4 Å². The number of benzene rings is 1. The van der Waals surface area contributed by atoms with Crippen molar-refractivity contribution in [1.29, 1.82) is 0 Å². The molecule has 0 radical (unpaired) electrons. The molecule has 2 aromatic rings. The maximum absolute atomic E-state index is 6.31. The summed E-state index contributed by atoms with van der Waals surface area (Å²) in [6.45, 7) is 1.00. The number of nitrogens with zero attached hydrogens (tertiary/aromatic N) is 2. The quantitative estimate of drug-likeness (QED) is 0.752. The average Bonchev–Trinajstić information content (AvgIpc) is 2.98. The second-order valence-corrected chi connectivity index (χ2v) is 5.70. The van der Waals surface area contributed by atoms with E-state index in [1.807, 2.05) is 18.2 Å². The third kappa shape index (κ3) is 2.12. The van der Waals surface area contributed by atoms with Crippen LogP contribution in [0.15, 0.2) is 18.2 Å². The summed E-state index contributed by atoms with van der Waals surface area (Å²) in [5.41, 5.74) is 2.00. The number of imidazole rings is 1. The summed E-state index contributed by atoms with van der Waals surface area (Å²) >= 11 is 12.3. The van der Waals surface area contributed by atoms with Gasteiger partial charge in [0.05, 0.1) is 21.9 Å². The van der Waals surface area contributed by atoms with Gasteiger partial charge in [-0.15, -0.1) is 11.6 Å². The molecule has 0 N–H and O–H groups in total. The number of hydrogen-bond donors (Lipinski definition) is 0. The molecule has 1 aliphatic carbocycles. The van der Waals surface area contributed by atoms with Gasteiger partial charge < -0.3 is 4.57 Å². The van der Waals surface area contributed by atoms with Crippen molar-refractivity contribution in [3.63, 3.8) is 0 Å². The van der Waals surface area contributed by atoms with Gasteiger partial charge in [0.15, 0.2) is 0 Å². The van der Waals surface area contributed by atoms with Gasteiger partial charge in [0.2, 0.25) is 0 Å². The largest absolute Gasteiger partial charge is 0.325 e. The van der Waals surface area contributed by atoms with Gasteiger partial charge in [0.25, 0.3) is 0 Å². The van der Waals surface area contributed by atoms with Crippen molar-refractivity contribution in [1.82, 2.24) is 9.55 Å². The summed E-state index contributed by atoms with van der Waals surface area (Å²) < 4.78 is 2.22. The third-order valence-corrected chi connectivity index (χ3v) is 4.38. The van der Waals surface area contributed by atoms with E-state index in [4.69, 9.17) is 23.2 Å². The molecule has 4 heteroatoms. The molecule has 96 valence electrons. The minimum atomic E-state index is 0.442. The van der Waals surface area contributed by atoms with Gasteiger partial charge in [-0.3, -0.25) is 0 Å². The van der Waals surface area contributed by atoms with E-state index in [-0.39, 0.29) is 0 Å². The van der Waals surface area contributed by atoms with Gasteiger partial charge in [-0.05, 0) is 30.9 Å². The molecule has 0 atom stereocenters. The molecule has 0 spiro atoms. The van der Waals surface area contributed by atoms with Gasteiger partial charge in [-0.25, -0.2) is 4.98 Å². The Morgan fingerprint density at radius 1 is 1.28 bits per heavy atom. The second kappa shape index (κ2) is 5.10. The van der Waals surface area contributed by atoms with Gasteiger partial charge in [-0.2, -0.15) is 0 Å². The van der Waals surface area contributed by atoms with E-state index in [0.29, 0.717) is 5.88 Å². The van der Waals surface area contributed by atoms with Crippen LogP contribution in [0.25, 0.3) is 11.0 Å². The van der Waals surface area contributed by atoms with Crippen LogP contribution in [0.4, 0.5) is 0 Å². The standard InChI is InChI=1S/C14H16Cl2N2/c15-8-13-17-12-7-3-6-11(16)14(12)18(13)9-10-4-1-2-5-10/h3,6-7,10H,1-2,4-5,8-9H2. The van der Waals surface area contributed by atoms with Crippen LogP contribution in [0, 0.1) is 5.92 Å². The Balaban J connectivity index is 2.06. The summed E-state index contributed by atoms with van der Waals surface area (Å²) in [5.74, 6) is 2.13. The molecule has 1 saturated carbocycles. The Morgan fingerprint density at radius 2 is 2.06 bits per heavy atom. The summed E-state index contributed by atoms with van der Waals surface area (Å²) in [6.07, 6.45) is 5.32. The van der Waals surface area contributed by atoms with Crippen LogP contribution < -0.4 is 0 Å². The average molecular weight is 283 g/mol. The molecule has 18 heavy (non-hydrogen) atoms. The molecule has 1 aromatic carbocycles. The summed E-state index contributed by atoms with van der Waals surface area (Å²) in [4.78, 5) is 4.58. The summed E-state index contributed by atoms with van der Waals surface area (Å²) in [7, 11) is 0. The number of para-hydroxylation sites is 1. The smallest absolute Gasteiger partial charge is 0.124 e. The molecule has 3 rings (SSSR count). The lowest BCUT2D eigenvalue weighted by Gasteiger charge is -2.13. The van der Waals surface area contributed by atoms with Gasteiger partial charge in [0, 0.05) is 6.54 Å². The molecule has 0 aliphatic heterocycles. The Morgan fingerprint density at radius 3 is 2.78 bits per heavy atom. The number of hydrogen-bond acceptors (Lipinski definition) is 1. The first-order valence-electron chi connectivity index (χ1n) is 6.49. The van der Waals surface area contributed by atoms with Crippen molar-refractivity contribution in [2.75, 3.05) is 0 Å². The fourth-order valence-corrected chi connectivity index (χ4v) is 3.42. The van der Waals surface area contributed by atoms with E-state index in [1.165, 1.54) is 25.7 Å². The number of rotatable bonds is 3. The van der Waals surface area contributed by atoms with Crippen LogP contribution >= 0.6 is 23.2 Å². The Kier molecular flexibility index (Phi) is 3.49. The molecule has 1 heterocycles. The van der Waals surface area contributed by atoms with E-state index in [2.05, 4.69) is 9.55 Å². The molecule has 0 amide bonds. The zero-order valence-corrected chi connectivity index (χ0v) is 11.7. The van der Waals surface area contributed by atoms with Crippen molar-refractivity contribution in [3.8, 4) is 0 Å². The monoisotopic (exact) mass is 282 g/mol. The van der Waals surface area contributed by atoms with Gasteiger partial charge in [0.1, 0.15) is 5.82 Å². The van der Waals surface area contributed by atoms with Gasteiger partial charge in [-0.1, -0.05) is 30.5 Å². The number of alkyl halides is 1. The lowest BCUT2D eigenvalue weighted by molar-refractivity contribution is 0.458. The fourth-order valence-electron chi connectivity index (χ4n) is 2.94. The van der Waals surface area contributed by atoms with Crippen molar-refractivity contribution >= 4 is 34.2 Å². The SMILES string of the molecule is ClCc1nc2cccc(Cl)c2n1CC1CCCC1. The molecule has 0 unspecified atom stereocenters.